The maximum atomic E-state index is 5.16. The van der Waals surface area contributed by atoms with Gasteiger partial charge >= 0.3 is 0 Å². The molecule has 0 fully saturated rings. The van der Waals surface area contributed by atoms with Gasteiger partial charge in [-0.25, -0.2) is 44.9 Å². The Hall–Kier alpha value is -18.6. The first-order chi connectivity index (χ1) is 68.3. The van der Waals surface area contributed by atoms with Gasteiger partial charge in [-0.2, -0.15) is 0 Å². The molecule has 24 aromatic carbocycles. The summed E-state index contributed by atoms with van der Waals surface area (Å²) in [7, 11) is 0. The van der Waals surface area contributed by atoms with Crippen LogP contribution in [0.2, 0.25) is 0 Å². The second-order valence-electron chi connectivity index (χ2n) is 35.0. The molecule has 0 atom stereocenters. The molecule has 0 saturated carbocycles. The fraction of sp³-hybridized carbons (Fsp3) is 0. The maximum Gasteiger partial charge on any atom is 0.165 e. The highest BCUT2D eigenvalue weighted by atomic mass is 15.1. The van der Waals surface area contributed by atoms with E-state index in [0.29, 0.717) is 52.4 Å². The zero-order valence-corrected chi connectivity index (χ0v) is 74.8. The van der Waals surface area contributed by atoms with Gasteiger partial charge in [0, 0.05) is 50.1 Å². The van der Waals surface area contributed by atoms with Gasteiger partial charge in [-0.3, -0.25) is 0 Å². The molecule has 0 spiro atoms. The van der Waals surface area contributed by atoms with Crippen molar-refractivity contribution in [3.05, 3.63) is 491 Å². The van der Waals surface area contributed by atoms with Gasteiger partial charge in [0.1, 0.15) is 0 Å². The molecule has 0 unspecified atom stereocenters. The van der Waals surface area contributed by atoms with Crippen LogP contribution in [0, 0.1) is 0 Å². The van der Waals surface area contributed by atoms with E-state index in [-0.39, 0.29) is 0 Å². The highest BCUT2D eigenvalue weighted by molar-refractivity contribution is 6.21. The third-order valence-electron chi connectivity index (χ3n) is 26.7. The average Bonchev–Trinajstić information content (AvgIpc) is 0.791. The van der Waals surface area contributed by atoms with Crippen molar-refractivity contribution in [1.29, 1.82) is 0 Å². The minimum absolute atomic E-state index is 0.653. The molecule has 3 aromatic heterocycles. The van der Waals surface area contributed by atoms with E-state index in [4.69, 9.17) is 44.9 Å². The first-order valence-corrected chi connectivity index (χ1v) is 46.6. The predicted molar refractivity (Wildman–Crippen MR) is 575 cm³/mol. The zero-order valence-electron chi connectivity index (χ0n) is 74.8. The van der Waals surface area contributed by atoms with Crippen molar-refractivity contribution < 1.29 is 0 Å². The van der Waals surface area contributed by atoms with Crippen molar-refractivity contribution >= 4 is 129 Å². The van der Waals surface area contributed by atoms with Crippen LogP contribution in [-0.2, 0) is 0 Å². The Bertz CT molecular complexity index is 9260. The number of aromatic nitrogens is 9. The minimum atomic E-state index is 0.653. The zero-order chi connectivity index (χ0) is 91.4. The minimum Gasteiger partial charge on any atom is -0.208 e. The van der Waals surface area contributed by atoms with E-state index in [9.17, 15) is 0 Å². The summed E-state index contributed by atoms with van der Waals surface area (Å²) in [6, 6.07) is 173. The third kappa shape index (κ3) is 15.5. The lowest BCUT2D eigenvalue weighted by Crippen LogP contribution is -2.01. The van der Waals surface area contributed by atoms with Crippen molar-refractivity contribution in [2.24, 2.45) is 0 Å². The van der Waals surface area contributed by atoms with E-state index in [2.05, 4.69) is 334 Å². The van der Waals surface area contributed by atoms with Gasteiger partial charge in [0.25, 0.3) is 0 Å². The van der Waals surface area contributed by atoms with E-state index in [0.717, 1.165) is 93.7 Å². The van der Waals surface area contributed by atoms with Crippen LogP contribution in [0.3, 0.4) is 0 Å². The molecule has 3 heterocycles. The topological polar surface area (TPSA) is 116 Å². The molecule has 0 aliphatic carbocycles. The maximum absolute atomic E-state index is 5.16. The molecule has 0 aliphatic heterocycles. The summed E-state index contributed by atoms with van der Waals surface area (Å²) in [5.74, 6) is 5.92. The van der Waals surface area contributed by atoms with Gasteiger partial charge in [-0.15, -0.1) is 0 Å². The highest BCUT2D eigenvalue weighted by Crippen LogP contribution is 2.45. The Labute approximate surface area is 795 Å². The van der Waals surface area contributed by atoms with Crippen molar-refractivity contribution in [3.63, 3.8) is 0 Å². The van der Waals surface area contributed by atoms with Crippen molar-refractivity contribution in [2.45, 2.75) is 0 Å². The van der Waals surface area contributed by atoms with E-state index in [1.54, 1.807) is 0 Å². The summed E-state index contributed by atoms with van der Waals surface area (Å²) >= 11 is 0. The molecule has 27 rings (SSSR count). The molecular weight excluding hydrogens is 1680 g/mol. The highest BCUT2D eigenvalue weighted by Gasteiger charge is 2.23. The summed E-state index contributed by atoms with van der Waals surface area (Å²) in [4.78, 5) is 44.9. The first-order valence-electron chi connectivity index (χ1n) is 46.6. The van der Waals surface area contributed by atoms with Gasteiger partial charge in [0.15, 0.2) is 52.4 Å². The van der Waals surface area contributed by atoms with E-state index in [1.165, 1.54) is 119 Å². The summed E-state index contributed by atoms with van der Waals surface area (Å²) in [5, 5.41) is 29.5. The van der Waals surface area contributed by atoms with E-state index in [1.807, 2.05) is 158 Å². The van der Waals surface area contributed by atoms with E-state index < -0.39 is 0 Å². The summed E-state index contributed by atoms with van der Waals surface area (Å²) in [6.45, 7) is 0. The normalized spacial score (nSPS) is 11.5. The quantitative estimate of drug-likeness (QED) is 0.110. The predicted octanol–water partition coefficient (Wildman–Crippen LogP) is 33.5. The summed E-state index contributed by atoms with van der Waals surface area (Å²) in [6.07, 6.45) is 0. The molecular formula is C129H81N9. The molecule has 9 heteroatoms. The van der Waals surface area contributed by atoms with Crippen LogP contribution in [0.15, 0.2) is 491 Å². The summed E-state index contributed by atoms with van der Waals surface area (Å²) in [5.41, 5.74) is 15.6. The van der Waals surface area contributed by atoms with Crippen LogP contribution in [0.1, 0.15) is 0 Å². The molecule has 0 aliphatic rings. The van der Waals surface area contributed by atoms with Crippen LogP contribution in [0.5, 0.6) is 0 Å². The summed E-state index contributed by atoms with van der Waals surface area (Å²) < 4.78 is 0. The fourth-order valence-corrected chi connectivity index (χ4v) is 19.7. The van der Waals surface area contributed by atoms with Crippen molar-refractivity contribution in [1.82, 2.24) is 44.9 Å². The van der Waals surface area contributed by atoms with Crippen molar-refractivity contribution in [2.75, 3.05) is 0 Å². The Kier molecular flexibility index (Phi) is 20.8. The second-order valence-corrected chi connectivity index (χ2v) is 35.0. The number of benzene rings is 24. The molecule has 0 saturated heterocycles. The van der Waals surface area contributed by atoms with Crippen LogP contribution < -0.4 is 0 Å². The smallest absolute Gasteiger partial charge is 0.165 e. The molecule has 642 valence electrons. The van der Waals surface area contributed by atoms with Crippen LogP contribution in [0.25, 0.3) is 265 Å². The molecule has 27 aromatic rings. The molecule has 0 N–H and O–H groups in total. The number of nitrogens with zero attached hydrogens (tertiary/aromatic N) is 9. The third-order valence-corrected chi connectivity index (χ3v) is 26.7. The standard InChI is InChI=1S/3C43H27N3/c1-3-13-31(14-4-1)41-44-42(32-15-5-2-6-16-32)46-43(45-41)40-35-18-10-8-12-29(35)21-24-36(40)33-20-19-30-23-25-37-34-17-9-7-11-28(34)22-26-38(37)39(30)27-33;1-3-11-31(12-4-1)41-44-42(32-13-5-2-6-14-32)46-43(45-41)38-17-9-15-29-18-20-34(27-40(29)38)33-21-19-30-23-24-36-35-16-8-7-10-28(35)22-25-37(36)39(30)26-33;1-3-10-30(11-4-1)41-44-42(31-12-5-2-6-13-31)46-43(45-41)36-20-19-32-25-33(17-18-34(32)26-36)35-16-15-29-22-23-38-37-14-8-7-9-28(37)21-24-39(38)40(29)27-35/h3*1-27H. The molecule has 138 heavy (non-hydrogen) atoms. The average molecular weight is 1760 g/mol. The second kappa shape index (κ2) is 35.2. The largest absolute Gasteiger partial charge is 0.208 e. The Morgan fingerprint density at radius 1 is 0.0942 bits per heavy atom. The Balaban J connectivity index is 0.000000110. The Morgan fingerprint density at radius 3 is 0.688 bits per heavy atom. The van der Waals surface area contributed by atoms with Crippen molar-refractivity contribution in [3.8, 4) is 136 Å². The first kappa shape index (κ1) is 81.4. The SMILES string of the molecule is c1ccc(-c2nc(-c3ccccc3)nc(-c3c(-c4ccc5ccc6c7ccccc7ccc6c5c4)ccc4ccccc34)n2)cc1.c1ccc(-c2nc(-c3ccccc3)nc(-c3ccc4cc(-c5ccc6ccc7c8ccccc8ccc7c6c5)ccc4c3)n2)cc1.c1ccc(-c2nc(-c3ccccc3)nc(-c3cccc4ccc(-c5ccc6ccc7c8ccccc8ccc7c6c5)cc34)n2)cc1. The fourth-order valence-electron chi connectivity index (χ4n) is 19.7. The number of hydrogen-bond donors (Lipinski definition) is 0. The number of rotatable bonds is 12. The van der Waals surface area contributed by atoms with Gasteiger partial charge in [-0.1, -0.05) is 455 Å². The number of fused-ring (bicyclic) bond motifs is 18. The molecule has 9 nitrogen and oxygen atoms in total. The molecule has 0 bridgehead atoms. The van der Waals surface area contributed by atoms with Crippen LogP contribution in [0.4, 0.5) is 0 Å². The lowest BCUT2D eigenvalue weighted by molar-refractivity contribution is 1.07. The van der Waals surface area contributed by atoms with Crippen LogP contribution in [-0.4, -0.2) is 44.9 Å². The molecule has 0 radical (unpaired) electrons. The Morgan fingerprint density at radius 2 is 0.319 bits per heavy atom. The van der Waals surface area contributed by atoms with Gasteiger partial charge in [0.2, 0.25) is 0 Å². The molecule has 0 amide bonds. The van der Waals surface area contributed by atoms with E-state index >= 15 is 0 Å². The lowest BCUT2D eigenvalue weighted by Gasteiger charge is -2.16. The van der Waals surface area contributed by atoms with Gasteiger partial charge in [-0.05, 0) is 199 Å². The monoisotopic (exact) mass is 1760 g/mol. The van der Waals surface area contributed by atoms with Gasteiger partial charge < -0.3 is 0 Å². The number of hydrogen-bond acceptors (Lipinski definition) is 9. The van der Waals surface area contributed by atoms with Crippen LogP contribution >= 0.6 is 0 Å². The lowest BCUT2D eigenvalue weighted by atomic mass is 9.90. The van der Waals surface area contributed by atoms with Gasteiger partial charge in [0.05, 0.1) is 0 Å².